The molecule has 0 bridgehead atoms. The first-order valence-corrected chi connectivity index (χ1v) is 3.90. The zero-order valence-corrected chi connectivity index (χ0v) is 8.70. The van der Waals surface area contributed by atoms with E-state index in [1.54, 1.807) is 7.11 Å². The Morgan fingerprint density at radius 2 is 2.11 bits per heavy atom. The van der Waals surface area contributed by atoms with Gasteiger partial charge in [0, 0.05) is 0 Å². The van der Waals surface area contributed by atoms with Crippen molar-refractivity contribution in [2.45, 2.75) is 0 Å². The Kier molecular flexibility index (Phi) is 4.44. The molecule has 0 fully saturated rings. The second kappa shape index (κ2) is 4.58. The molecule has 0 aromatic rings. The predicted molar refractivity (Wildman–Crippen MR) is 32.7 cm³/mol. The third-order valence-corrected chi connectivity index (χ3v) is 1.12. The van der Waals surface area contributed by atoms with Gasteiger partial charge in [0.05, 0.1) is 0 Å². The van der Waals surface area contributed by atoms with Gasteiger partial charge in [0.25, 0.3) is 0 Å². The third kappa shape index (κ3) is 3.32. The van der Waals surface area contributed by atoms with Gasteiger partial charge in [0.1, 0.15) is 0 Å². The quantitative estimate of drug-likeness (QED) is 0.531. The van der Waals surface area contributed by atoms with Gasteiger partial charge < -0.3 is 0 Å². The molecule has 0 saturated carbocycles. The van der Waals surface area contributed by atoms with E-state index in [0.29, 0.717) is 5.88 Å². The Balaban J connectivity index is 4.34. The van der Waals surface area contributed by atoms with Crippen LogP contribution in [0.2, 0.25) is 0 Å². The topological polar surface area (TPSA) is 12.5 Å². The molecule has 0 aliphatic rings. The second-order valence-corrected chi connectivity index (χ2v) is 2.36. The zero-order chi connectivity index (χ0) is 7.28. The van der Waals surface area contributed by atoms with Gasteiger partial charge in [-0.3, -0.25) is 0 Å². The fraction of sp³-hybridized carbons (Fsp3) is 0.500. The van der Waals surface area contributed by atoms with E-state index < -0.39 is 0 Å². The molecule has 50 valence electrons. The summed E-state index contributed by atoms with van der Waals surface area (Å²) in [6.45, 7) is 0. The first-order valence-electron chi connectivity index (χ1n) is 2.43. The first-order chi connectivity index (χ1) is 4.22. The van der Waals surface area contributed by atoms with Crippen LogP contribution in [0.1, 0.15) is 0 Å². The average Bonchev–Trinajstić information content (AvgIpc) is 1.82. The van der Waals surface area contributed by atoms with Crippen molar-refractivity contribution < 1.29 is 24.1 Å². The number of nitrogens with zero attached hydrogens (tertiary/aromatic N) is 1. The summed E-state index contributed by atoms with van der Waals surface area (Å²) in [6.07, 6.45) is 0. The van der Waals surface area contributed by atoms with E-state index in [-0.39, 0.29) is 0 Å². The molecule has 0 spiro atoms. The molecular formula is C6H9NOW. The second-order valence-electron chi connectivity index (χ2n) is 1.63. The van der Waals surface area contributed by atoms with E-state index in [1.165, 1.54) is 19.4 Å². The maximum atomic E-state index is 4.93. The van der Waals surface area contributed by atoms with Gasteiger partial charge in [0.2, 0.25) is 0 Å². The molecule has 0 aromatic carbocycles. The molecule has 0 N–H and O–H groups in total. The molecule has 3 heteroatoms. The molecule has 0 unspecified atom stereocenters. The third-order valence-electron chi connectivity index (χ3n) is 0.757. The maximum absolute atomic E-state index is 4.93. The van der Waals surface area contributed by atoms with Crippen LogP contribution in [0.3, 0.4) is 0 Å². The summed E-state index contributed by atoms with van der Waals surface area (Å²) >= 11 is 1.25. The molecule has 0 aromatic heterocycles. The minimum absolute atomic E-state index is 0.713. The summed E-state index contributed by atoms with van der Waals surface area (Å²) in [5.41, 5.74) is 2.84. The Hall–Kier alpha value is -0.282. The van der Waals surface area contributed by atoms with Gasteiger partial charge in [-0.2, -0.15) is 0 Å². The molecule has 0 radical (unpaired) electrons. The van der Waals surface area contributed by atoms with Crippen molar-refractivity contribution in [3.05, 3.63) is 11.6 Å². The van der Waals surface area contributed by atoms with Gasteiger partial charge in [-0.15, -0.1) is 0 Å². The van der Waals surface area contributed by atoms with E-state index in [0.717, 1.165) is 0 Å². The Morgan fingerprint density at radius 3 is 2.22 bits per heavy atom. The summed E-state index contributed by atoms with van der Waals surface area (Å²) < 4.78 is 7.76. The van der Waals surface area contributed by atoms with Crippen molar-refractivity contribution in [1.82, 2.24) is 4.90 Å². The number of ether oxygens (including phenoxy) is 1. The van der Waals surface area contributed by atoms with Crippen LogP contribution in [-0.2, 0) is 24.1 Å². The monoisotopic (exact) mass is 295 g/mol. The zero-order valence-electron chi connectivity index (χ0n) is 5.76. The van der Waals surface area contributed by atoms with Crippen LogP contribution in [0.4, 0.5) is 0 Å². The van der Waals surface area contributed by atoms with E-state index in [2.05, 4.69) is 9.79 Å². The van der Waals surface area contributed by atoms with Crippen LogP contribution < -0.4 is 0 Å². The van der Waals surface area contributed by atoms with E-state index in [1.807, 2.05) is 19.0 Å². The molecule has 0 heterocycles. The summed E-state index contributed by atoms with van der Waals surface area (Å²) in [4.78, 5) is 1.84. The molecule has 0 amide bonds. The predicted octanol–water partition coefficient (Wildman–Crippen LogP) is 0.139. The molecule has 9 heavy (non-hydrogen) atoms. The molecule has 2 nitrogen and oxygen atoms in total. The molecule has 0 aliphatic heterocycles. The molecule has 0 saturated heterocycles. The van der Waals surface area contributed by atoms with E-state index >= 15 is 0 Å². The van der Waals surface area contributed by atoms with Crippen LogP contribution in [-0.4, -0.2) is 30.2 Å². The fourth-order valence-electron chi connectivity index (χ4n) is 0.389. The van der Waals surface area contributed by atoms with Crippen molar-refractivity contribution in [2.24, 2.45) is 0 Å². The van der Waals surface area contributed by atoms with Crippen LogP contribution >= 0.6 is 0 Å². The van der Waals surface area contributed by atoms with Crippen LogP contribution in [0, 0.1) is 0 Å². The molecule has 0 aliphatic carbocycles. The van der Waals surface area contributed by atoms with Gasteiger partial charge in [-0.05, 0) is 0 Å². The number of hydrogen-bond acceptors (Lipinski definition) is 2. The fourth-order valence-corrected chi connectivity index (χ4v) is 0.703. The SMILES string of the molecule is COC(=C=[C]=[W])N(C)C. The number of methoxy groups -OCH3 is 1. The summed E-state index contributed by atoms with van der Waals surface area (Å²) in [5.74, 6) is 0.713. The molecule has 0 rings (SSSR count). The summed E-state index contributed by atoms with van der Waals surface area (Å²) in [5, 5.41) is 0. The van der Waals surface area contributed by atoms with E-state index in [4.69, 9.17) is 4.74 Å². The number of rotatable bonds is 2. The summed E-state index contributed by atoms with van der Waals surface area (Å²) in [7, 11) is 5.42. The van der Waals surface area contributed by atoms with E-state index in [9.17, 15) is 0 Å². The van der Waals surface area contributed by atoms with Crippen LogP contribution in [0.15, 0.2) is 11.6 Å². The minimum atomic E-state index is 0.713. The Bertz CT molecular complexity index is 164. The first kappa shape index (κ1) is 8.72. The van der Waals surface area contributed by atoms with Crippen molar-refractivity contribution >= 4 is 4.06 Å². The standard InChI is InChI=1S/C6H9NO.W/c1-5-6(8-4)7(2)3;/h2-4H3;. The number of hydrogen-bond donors (Lipinski definition) is 0. The van der Waals surface area contributed by atoms with Crippen molar-refractivity contribution in [3.8, 4) is 0 Å². The molecule has 0 atom stereocenters. The average molecular weight is 295 g/mol. The molecular weight excluding hydrogens is 286 g/mol. The van der Waals surface area contributed by atoms with Gasteiger partial charge >= 0.3 is 65.9 Å². The Morgan fingerprint density at radius 1 is 1.56 bits per heavy atom. The van der Waals surface area contributed by atoms with Crippen LogP contribution in [0.25, 0.3) is 0 Å². The van der Waals surface area contributed by atoms with Crippen molar-refractivity contribution in [3.63, 3.8) is 0 Å². The van der Waals surface area contributed by atoms with Gasteiger partial charge in [0.15, 0.2) is 0 Å². The van der Waals surface area contributed by atoms with Gasteiger partial charge in [-0.1, -0.05) is 0 Å². The van der Waals surface area contributed by atoms with Crippen molar-refractivity contribution in [2.75, 3.05) is 21.2 Å². The normalized spacial score (nSPS) is 7.00. The van der Waals surface area contributed by atoms with Gasteiger partial charge in [-0.25, -0.2) is 0 Å². The summed E-state index contributed by atoms with van der Waals surface area (Å²) in [6, 6.07) is 0. The van der Waals surface area contributed by atoms with Crippen LogP contribution in [0.5, 0.6) is 0 Å². The van der Waals surface area contributed by atoms with Crippen molar-refractivity contribution in [1.29, 1.82) is 0 Å². The Labute approximate surface area is 66.2 Å².